The van der Waals surface area contributed by atoms with E-state index in [4.69, 9.17) is 0 Å². The Morgan fingerprint density at radius 2 is 1.81 bits per heavy atom. The standard InChI is InChI=1S/C16H27N5/c1-3-17-14(9-15-18-20-21(2)19-15)16-12-5-10-4-11(7-12)8-13(16)6-10/h10-14,16-17H,3-9H2,1-2H3. The molecule has 0 saturated heterocycles. The number of likely N-dealkylation sites (N-methyl/N-ethyl adjacent to an activating group) is 1. The molecule has 4 saturated carbocycles. The van der Waals surface area contributed by atoms with Crippen LogP contribution in [0.1, 0.15) is 44.9 Å². The van der Waals surface area contributed by atoms with E-state index in [2.05, 4.69) is 27.7 Å². The summed E-state index contributed by atoms with van der Waals surface area (Å²) in [6.07, 6.45) is 8.38. The number of nitrogens with zero attached hydrogens (tertiary/aromatic N) is 4. The molecule has 4 aliphatic carbocycles. The van der Waals surface area contributed by atoms with Crippen molar-refractivity contribution in [1.82, 2.24) is 25.5 Å². The third-order valence-electron chi connectivity index (χ3n) is 6.18. The first-order chi connectivity index (χ1) is 10.2. The maximum Gasteiger partial charge on any atom is 0.176 e. The number of hydrogen-bond acceptors (Lipinski definition) is 4. The molecule has 0 aromatic carbocycles. The zero-order valence-corrected chi connectivity index (χ0v) is 13.2. The van der Waals surface area contributed by atoms with Gasteiger partial charge in [-0.25, -0.2) is 0 Å². The van der Waals surface area contributed by atoms with E-state index in [1.54, 1.807) is 4.80 Å². The van der Waals surface area contributed by atoms with Crippen LogP contribution in [0.15, 0.2) is 0 Å². The molecule has 4 fully saturated rings. The molecule has 1 heterocycles. The van der Waals surface area contributed by atoms with Crippen molar-refractivity contribution in [3.63, 3.8) is 0 Å². The van der Waals surface area contributed by atoms with Crippen LogP contribution in [-0.4, -0.2) is 32.8 Å². The first-order valence-corrected chi connectivity index (χ1v) is 8.69. The zero-order chi connectivity index (χ0) is 14.4. The van der Waals surface area contributed by atoms with Gasteiger partial charge in [0.2, 0.25) is 0 Å². The maximum atomic E-state index is 4.40. The lowest BCUT2D eigenvalue weighted by Gasteiger charge is -2.56. The average molecular weight is 289 g/mol. The summed E-state index contributed by atoms with van der Waals surface area (Å²) >= 11 is 0. The van der Waals surface area contributed by atoms with Crippen LogP contribution in [0.4, 0.5) is 0 Å². The van der Waals surface area contributed by atoms with Gasteiger partial charge in [0.25, 0.3) is 0 Å². The number of hydrogen-bond donors (Lipinski definition) is 1. The summed E-state index contributed by atoms with van der Waals surface area (Å²) in [7, 11) is 1.85. The molecule has 5 heteroatoms. The topological polar surface area (TPSA) is 55.6 Å². The van der Waals surface area contributed by atoms with Crippen molar-refractivity contribution >= 4 is 0 Å². The largest absolute Gasteiger partial charge is 0.314 e. The molecule has 5 rings (SSSR count). The highest BCUT2D eigenvalue weighted by Gasteiger charge is 2.50. The third kappa shape index (κ3) is 2.50. The Balaban J connectivity index is 1.53. The molecule has 0 aliphatic heterocycles. The molecule has 5 nitrogen and oxygen atoms in total. The van der Waals surface area contributed by atoms with Crippen molar-refractivity contribution in [3.05, 3.63) is 5.82 Å². The van der Waals surface area contributed by atoms with E-state index in [-0.39, 0.29) is 0 Å². The van der Waals surface area contributed by atoms with Gasteiger partial charge in [0.15, 0.2) is 5.82 Å². The van der Waals surface area contributed by atoms with Gasteiger partial charge >= 0.3 is 0 Å². The van der Waals surface area contributed by atoms with E-state index in [1.165, 1.54) is 32.1 Å². The lowest BCUT2D eigenvalue weighted by molar-refractivity contribution is -0.0517. The SMILES string of the molecule is CCNC(Cc1nnn(C)n1)C1C2CC3CC(C2)CC1C3. The number of aryl methyl sites for hydroxylation is 1. The van der Waals surface area contributed by atoms with Gasteiger partial charge in [0.1, 0.15) is 0 Å². The van der Waals surface area contributed by atoms with Crippen LogP contribution in [0.25, 0.3) is 0 Å². The second-order valence-corrected chi connectivity index (χ2v) is 7.57. The van der Waals surface area contributed by atoms with Crippen LogP contribution in [0, 0.1) is 29.6 Å². The summed E-state index contributed by atoms with van der Waals surface area (Å²) in [5, 5.41) is 16.4. The molecular weight excluding hydrogens is 262 g/mol. The summed E-state index contributed by atoms with van der Waals surface area (Å²) in [6, 6.07) is 0.536. The van der Waals surface area contributed by atoms with Crippen molar-refractivity contribution in [2.45, 2.75) is 51.5 Å². The highest BCUT2D eigenvalue weighted by Crippen LogP contribution is 2.57. The van der Waals surface area contributed by atoms with E-state index in [0.29, 0.717) is 6.04 Å². The zero-order valence-electron chi connectivity index (χ0n) is 13.2. The van der Waals surface area contributed by atoms with Crippen molar-refractivity contribution < 1.29 is 0 Å². The number of rotatable bonds is 5. The minimum absolute atomic E-state index is 0.536. The van der Waals surface area contributed by atoms with Gasteiger partial charge in [-0.05, 0) is 73.5 Å². The fraction of sp³-hybridized carbons (Fsp3) is 0.938. The molecule has 4 aliphatic rings. The Bertz CT molecular complexity index is 469. The van der Waals surface area contributed by atoms with E-state index < -0.39 is 0 Å². The molecule has 1 N–H and O–H groups in total. The molecule has 1 atom stereocenters. The lowest BCUT2D eigenvalue weighted by Crippen LogP contribution is -2.53. The first kappa shape index (κ1) is 13.7. The normalized spacial score (nSPS) is 38.9. The fourth-order valence-corrected chi connectivity index (χ4v) is 5.83. The van der Waals surface area contributed by atoms with Gasteiger partial charge < -0.3 is 5.32 Å². The minimum Gasteiger partial charge on any atom is -0.314 e. The van der Waals surface area contributed by atoms with Crippen LogP contribution in [0.5, 0.6) is 0 Å². The molecule has 1 aromatic rings. The number of nitrogens with one attached hydrogen (secondary N) is 1. The Kier molecular flexibility index (Phi) is 3.48. The van der Waals surface area contributed by atoms with Crippen molar-refractivity contribution in [3.8, 4) is 0 Å². The van der Waals surface area contributed by atoms with E-state index >= 15 is 0 Å². The molecule has 21 heavy (non-hydrogen) atoms. The van der Waals surface area contributed by atoms with Gasteiger partial charge in [-0.1, -0.05) is 6.92 Å². The Labute approximate surface area is 126 Å². The second kappa shape index (κ2) is 5.34. The smallest absolute Gasteiger partial charge is 0.176 e. The molecule has 0 spiro atoms. The van der Waals surface area contributed by atoms with Crippen LogP contribution < -0.4 is 5.32 Å². The molecule has 0 amide bonds. The maximum absolute atomic E-state index is 4.40. The third-order valence-corrected chi connectivity index (χ3v) is 6.18. The second-order valence-electron chi connectivity index (χ2n) is 7.57. The highest BCUT2D eigenvalue weighted by molar-refractivity contribution is 5.03. The fourth-order valence-electron chi connectivity index (χ4n) is 5.83. The Morgan fingerprint density at radius 1 is 1.14 bits per heavy atom. The summed E-state index contributed by atoms with van der Waals surface area (Å²) in [4.78, 5) is 1.58. The molecule has 1 aromatic heterocycles. The van der Waals surface area contributed by atoms with E-state index in [1.807, 2.05) is 7.05 Å². The summed E-state index contributed by atoms with van der Waals surface area (Å²) in [5.74, 6) is 5.71. The molecule has 4 bridgehead atoms. The van der Waals surface area contributed by atoms with Gasteiger partial charge in [0, 0.05) is 12.5 Å². The summed E-state index contributed by atoms with van der Waals surface area (Å²) < 4.78 is 0. The minimum atomic E-state index is 0.536. The van der Waals surface area contributed by atoms with Crippen LogP contribution in [-0.2, 0) is 13.5 Å². The molecule has 1 unspecified atom stereocenters. The van der Waals surface area contributed by atoms with Crippen LogP contribution >= 0.6 is 0 Å². The van der Waals surface area contributed by atoms with E-state index in [9.17, 15) is 0 Å². The molecule has 0 radical (unpaired) electrons. The first-order valence-electron chi connectivity index (χ1n) is 8.69. The van der Waals surface area contributed by atoms with Gasteiger partial charge in [-0.2, -0.15) is 4.80 Å². The van der Waals surface area contributed by atoms with Crippen LogP contribution in [0.2, 0.25) is 0 Å². The quantitative estimate of drug-likeness (QED) is 0.898. The van der Waals surface area contributed by atoms with E-state index in [0.717, 1.165) is 48.4 Å². The molecule has 116 valence electrons. The van der Waals surface area contributed by atoms with Crippen molar-refractivity contribution in [1.29, 1.82) is 0 Å². The highest BCUT2D eigenvalue weighted by atomic mass is 15.6. The van der Waals surface area contributed by atoms with Crippen LogP contribution in [0.3, 0.4) is 0 Å². The van der Waals surface area contributed by atoms with Crippen molar-refractivity contribution in [2.24, 2.45) is 36.6 Å². The summed E-state index contributed by atoms with van der Waals surface area (Å²) in [6.45, 7) is 3.25. The monoisotopic (exact) mass is 289 g/mol. The summed E-state index contributed by atoms with van der Waals surface area (Å²) in [5.41, 5.74) is 0. The Morgan fingerprint density at radius 3 is 2.33 bits per heavy atom. The molecular formula is C16H27N5. The average Bonchev–Trinajstić information content (AvgIpc) is 2.83. The Hall–Kier alpha value is -0.970. The predicted molar refractivity (Wildman–Crippen MR) is 80.5 cm³/mol. The van der Waals surface area contributed by atoms with Gasteiger partial charge in [-0.3, -0.25) is 0 Å². The number of aromatic nitrogens is 4. The predicted octanol–water partition coefficient (Wildman–Crippen LogP) is 1.80. The van der Waals surface area contributed by atoms with Gasteiger partial charge in [0.05, 0.1) is 7.05 Å². The van der Waals surface area contributed by atoms with Crippen molar-refractivity contribution in [2.75, 3.05) is 6.54 Å². The number of tetrazole rings is 1. The van der Waals surface area contributed by atoms with Gasteiger partial charge in [-0.15, -0.1) is 10.2 Å². The lowest BCUT2D eigenvalue weighted by atomic mass is 9.50.